The van der Waals surface area contributed by atoms with Gasteiger partial charge < -0.3 is 9.84 Å². The van der Waals surface area contributed by atoms with Gasteiger partial charge in [-0.2, -0.15) is 0 Å². The van der Waals surface area contributed by atoms with Gasteiger partial charge in [-0.05, 0) is 31.9 Å². The van der Waals surface area contributed by atoms with E-state index in [2.05, 4.69) is 0 Å². The molecule has 1 aliphatic carbocycles. The van der Waals surface area contributed by atoms with Crippen molar-refractivity contribution in [3.63, 3.8) is 0 Å². The monoisotopic (exact) mass is 293 g/mol. The number of carbonyl (C=O) groups is 1. The molecule has 3 atom stereocenters. The van der Waals surface area contributed by atoms with Crippen LogP contribution < -0.4 is 0 Å². The molecule has 1 aliphatic rings. The molecule has 114 valence electrons. The Kier molecular flexibility index (Phi) is 4.00. The van der Waals surface area contributed by atoms with Crippen LogP contribution in [0.5, 0.6) is 0 Å². The largest absolute Gasteiger partial charge is 0.460 e. The van der Waals surface area contributed by atoms with Crippen LogP contribution in [-0.2, 0) is 9.53 Å². The zero-order valence-corrected chi connectivity index (χ0v) is 12.3. The Balaban J connectivity index is 2.27. The molecular formula is C15H19NO5. The molecule has 0 saturated heterocycles. The number of hydrogen-bond acceptors (Lipinski definition) is 5. The Morgan fingerprint density at radius 2 is 1.90 bits per heavy atom. The summed E-state index contributed by atoms with van der Waals surface area (Å²) in [5, 5.41) is 21.4. The third-order valence-corrected chi connectivity index (χ3v) is 3.50. The average molecular weight is 293 g/mol. The average Bonchev–Trinajstić information content (AvgIpc) is 2.61. The van der Waals surface area contributed by atoms with Crippen LogP contribution in [0.3, 0.4) is 0 Å². The molecule has 0 unspecified atom stereocenters. The highest BCUT2D eigenvalue weighted by atomic mass is 16.6. The lowest BCUT2D eigenvalue weighted by atomic mass is 9.94. The van der Waals surface area contributed by atoms with E-state index in [1.807, 2.05) is 0 Å². The van der Waals surface area contributed by atoms with Crippen molar-refractivity contribution in [3.05, 3.63) is 45.5 Å². The quantitative estimate of drug-likeness (QED) is 0.524. The van der Waals surface area contributed by atoms with Gasteiger partial charge >= 0.3 is 5.97 Å². The van der Waals surface area contributed by atoms with Crippen LogP contribution in [0.4, 0.5) is 0 Å². The van der Waals surface area contributed by atoms with E-state index in [0.717, 1.165) is 0 Å². The molecule has 0 bridgehead atoms. The molecule has 0 spiro atoms. The third-order valence-electron chi connectivity index (χ3n) is 3.50. The summed E-state index contributed by atoms with van der Waals surface area (Å²) < 4.78 is 5.23. The Morgan fingerprint density at radius 3 is 2.43 bits per heavy atom. The Hall–Kier alpha value is -1.95. The number of ether oxygens (including phenoxy) is 1. The summed E-state index contributed by atoms with van der Waals surface area (Å²) in [7, 11) is 0. The molecule has 6 heteroatoms. The summed E-state index contributed by atoms with van der Waals surface area (Å²) in [6.45, 7) is 5.23. The van der Waals surface area contributed by atoms with Crippen molar-refractivity contribution < 1.29 is 19.6 Å². The van der Waals surface area contributed by atoms with Crippen molar-refractivity contribution in [2.24, 2.45) is 0 Å². The number of rotatable bonds is 3. The molecule has 21 heavy (non-hydrogen) atoms. The van der Waals surface area contributed by atoms with Gasteiger partial charge in [-0.3, -0.25) is 14.9 Å². The van der Waals surface area contributed by atoms with E-state index in [-0.39, 0.29) is 6.42 Å². The van der Waals surface area contributed by atoms with E-state index in [0.29, 0.717) is 11.1 Å². The summed E-state index contributed by atoms with van der Waals surface area (Å²) in [6.07, 6.45) is -1.31. The smallest absolute Gasteiger partial charge is 0.307 e. The van der Waals surface area contributed by atoms with Crippen molar-refractivity contribution in [2.75, 3.05) is 0 Å². The van der Waals surface area contributed by atoms with Gasteiger partial charge in [0.25, 0.3) is 0 Å². The first-order valence-corrected chi connectivity index (χ1v) is 6.83. The van der Waals surface area contributed by atoms with Gasteiger partial charge in [-0.1, -0.05) is 24.3 Å². The van der Waals surface area contributed by atoms with Gasteiger partial charge in [0.2, 0.25) is 6.04 Å². The molecule has 0 amide bonds. The highest BCUT2D eigenvalue weighted by molar-refractivity contribution is 5.71. The number of benzene rings is 1. The number of carbonyl (C=O) groups excluding carboxylic acids is 1. The fraction of sp³-hybridized carbons (Fsp3) is 0.533. The van der Waals surface area contributed by atoms with Gasteiger partial charge in [0.1, 0.15) is 11.7 Å². The summed E-state index contributed by atoms with van der Waals surface area (Å²) in [6, 6.07) is 5.63. The SMILES string of the molecule is CC(C)(C)OC(=O)C[C@@H]1c2ccccc2[C@H](O)[C@H]1[N+](=O)[O-]. The Labute approximate surface area is 122 Å². The topological polar surface area (TPSA) is 89.7 Å². The molecule has 0 radical (unpaired) electrons. The van der Waals surface area contributed by atoms with Crippen molar-refractivity contribution >= 4 is 5.97 Å². The number of nitro groups is 1. The van der Waals surface area contributed by atoms with Crippen LogP contribution in [0, 0.1) is 10.1 Å². The maximum absolute atomic E-state index is 12.0. The lowest BCUT2D eigenvalue weighted by Crippen LogP contribution is -2.31. The molecule has 0 saturated carbocycles. The summed E-state index contributed by atoms with van der Waals surface area (Å²) in [5.74, 6) is -1.16. The van der Waals surface area contributed by atoms with Crippen LogP contribution in [0.15, 0.2) is 24.3 Å². The second kappa shape index (κ2) is 5.44. The normalized spacial score (nSPS) is 24.5. The first-order chi connectivity index (χ1) is 9.70. The van der Waals surface area contributed by atoms with Gasteiger partial charge in [-0.25, -0.2) is 0 Å². The Bertz CT molecular complexity index is 563. The Morgan fingerprint density at radius 1 is 1.33 bits per heavy atom. The van der Waals surface area contributed by atoms with E-state index in [1.54, 1.807) is 45.0 Å². The zero-order chi connectivity index (χ0) is 15.8. The number of esters is 1. The molecule has 1 N–H and O–H groups in total. The van der Waals surface area contributed by atoms with Crippen LogP contribution in [0.1, 0.15) is 50.3 Å². The van der Waals surface area contributed by atoms with E-state index < -0.39 is 34.6 Å². The molecule has 6 nitrogen and oxygen atoms in total. The predicted octanol–water partition coefficient (Wildman–Crippen LogP) is 2.19. The minimum atomic E-state index is -1.21. The van der Waals surface area contributed by atoms with Gasteiger partial charge in [0.15, 0.2) is 0 Å². The minimum absolute atomic E-state index is 0.114. The van der Waals surface area contributed by atoms with Gasteiger partial charge in [0.05, 0.1) is 12.3 Å². The predicted molar refractivity (Wildman–Crippen MR) is 75.4 cm³/mol. The fourth-order valence-electron chi connectivity index (χ4n) is 2.76. The summed E-state index contributed by atoms with van der Waals surface area (Å²) in [4.78, 5) is 22.7. The summed E-state index contributed by atoms with van der Waals surface area (Å²) in [5.41, 5.74) is 0.531. The number of hydrogen-bond donors (Lipinski definition) is 1. The zero-order valence-electron chi connectivity index (χ0n) is 12.3. The first kappa shape index (κ1) is 15.4. The number of nitrogens with zero attached hydrogens (tertiary/aromatic N) is 1. The highest BCUT2D eigenvalue weighted by Crippen LogP contribution is 2.43. The number of fused-ring (bicyclic) bond motifs is 1. The van der Waals surface area contributed by atoms with Gasteiger partial charge in [0, 0.05) is 4.92 Å². The molecule has 0 fully saturated rings. The second-order valence-corrected chi connectivity index (χ2v) is 6.25. The minimum Gasteiger partial charge on any atom is -0.460 e. The van der Waals surface area contributed by atoms with Crippen molar-refractivity contribution in [1.29, 1.82) is 0 Å². The third kappa shape index (κ3) is 3.21. The number of aliphatic hydroxyl groups excluding tert-OH is 1. The van der Waals surface area contributed by atoms with Crippen molar-refractivity contribution in [1.82, 2.24) is 0 Å². The fourth-order valence-corrected chi connectivity index (χ4v) is 2.76. The van der Waals surface area contributed by atoms with Crippen LogP contribution in [0.25, 0.3) is 0 Å². The van der Waals surface area contributed by atoms with Crippen LogP contribution in [0.2, 0.25) is 0 Å². The molecule has 0 aromatic heterocycles. The molecule has 1 aromatic rings. The lowest BCUT2D eigenvalue weighted by Gasteiger charge is -2.21. The van der Waals surface area contributed by atoms with E-state index in [9.17, 15) is 20.0 Å². The number of aliphatic hydroxyl groups is 1. The van der Waals surface area contributed by atoms with Crippen molar-refractivity contribution in [3.8, 4) is 0 Å². The van der Waals surface area contributed by atoms with E-state index in [4.69, 9.17) is 4.74 Å². The van der Waals surface area contributed by atoms with Gasteiger partial charge in [-0.15, -0.1) is 0 Å². The summed E-state index contributed by atoms with van der Waals surface area (Å²) >= 11 is 0. The van der Waals surface area contributed by atoms with E-state index in [1.165, 1.54) is 0 Å². The molecule has 0 heterocycles. The van der Waals surface area contributed by atoms with Crippen LogP contribution in [-0.4, -0.2) is 27.6 Å². The van der Waals surface area contributed by atoms with Crippen molar-refractivity contribution in [2.45, 2.75) is 50.9 Å². The standard InChI is InChI=1S/C15H19NO5/c1-15(2,3)21-12(17)8-11-9-6-4-5-7-10(9)14(18)13(11)16(19)20/h4-7,11,13-14,18H,8H2,1-3H3/t11-,13+,14+/m1/s1. The lowest BCUT2D eigenvalue weighted by molar-refractivity contribution is -0.537. The highest BCUT2D eigenvalue weighted by Gasteiger charge is 2.48. The molecular weight excluding hydrogens is 274 g/mol. The van der Waals surface area contributed by atoms with Crippen LogP contribution >= 0.6 is 0 Å². The van der Waals surface area contributed by atoms with E-state index >= 15 is 0 Å². The molecule has 1 aromatic carbocycles. The maximum atomic E-state index is 12.0. The first-order valence-electron chi connectivity index (χ1n) is 6.83. The second-order valence-electron chi connectivity index (χ2n) is 6.25. The molecule has 0 aliphatic heterocycles. The maximum Gasteiger partial charge on any atom is 0.307 e. The molecule has 2 rings (SSSR count).